The van der Waals surface area contributed by atoms with Gasteiger partial charge in [0.05, 0.1) is 36.4 Å². The average Bonchev–Trinajstić information content (AvgIpc) is 2.87. The number of pyridine rings is 1. The number of fused-ring (bicyclic) bond motifs is 1. The summed E-state index contributed by atoms with van der Waals surface area (Å²) in [5.74, 6) is -0.284. The molecule has 0 bridgehead atoms. The van der Waals surface area contributed by atoms with Gasteiger partial charge in [0.1, 0.15) is 0 Å². The fourth-order valence-electron chi connectivity index (χ4n) is 4.34. The van der Waals surface area contributed by atoms with Gasteiger partial charge in [-0.05, 0) is 42.8 Å². The second-order valence-electron chi connectivity index (χ2n) is 8.39. The van der Waals surface area contributed by atoms with E-state index in [-0.39, 0.29) is 29.0 Å². The number of carbonyl (C=O) groups excluding carboxylic acids is 1. The molecule has 0 saturated carbocycles. The van der Waals surface area contributed by atoms with Gasteiger partial charge in [-0.25, -0.2) is 14.3 Å². The Labute approximate surface area is 206 Å². The van der Waals surface area contributed by atoms with Crippen LogP contribution in [0.4, 0.5) is 0 Å². The van der Waals surface area contributed by atoms with Crippen LogP contribution in [-0.4, -0.2) is 51.2 Å². The van der Waals surface area contributed by atoms with Crippen molar-refractivity contribution in [1.82, 2.24) is 19.0 Å². The number of halogens is 1. The molecule has 1 aliphatic rings. The number of morpholine rings is 1. The lowest BCUT2D eigenvalue weighted by atomic mass is 10.1. The van der Waals surface area contributed by atoms with Gasteiger partial charge in [-0.3, -0.25) is 14.2 Å². The molecule has 1 fully saturated rings. The molecule has 8 nitrogen and oxygen atoms in total. The second kappa shape index (κ2) is 9.48. The Morgan fingerprint density at radius 3 is 2.49 bits per heavy atom. The van der Waals surface area contributed by atoms with Crippen molar-refractivity contribution in [3.8, 4) is 5.69 Å². The number of benzene rings is 2. The topological polar surface area (TPSA) is 86.4 Å². The summed E-state index contributed by atoms with van der Waals surface area (Å²) < 4.78 is 7.91. The second-order valence-corrected chi connectivity index (χ2v) is 8.83. The van der Waals surface area contributed by atoms with Crippen molar-refractivity contribution in [1.29, 1.82) is 0 Å². The molecular weight excluding hydrogens is 468 g/mol. The predicted molar refractivity (Wildman–Crippen MR) is 134 cm³/mol. The maximum atomic E-state index is 13.8. The number of carbonyl (C=O) groups is 1. The van der Waals surface area contributed by atoms with Crippen LogP contribution in [0.15, 0.2) is 70.3 Å². The van der Waals surface area contributed by atoms with Gasteiger partial charge in [0, 0.05) is 23.8 Å². The molecule has 0 radical (unpaired) electrons. The number of rotatable bonds is 4. The summed E-state index contributed by atoms with van der Waals surface area (Å²) >= 11 is 6.14. The van der Waals surface area contributed by atoms with Crippen LogP contribution in [0.3, 0.4) is 0 Å². The van der Waals surface area contributed by atoms with E-state index in [1.165, 1.54) is 4.57 Å². The first kappa shape index (κ1) is 23.0. The van der Waals surface area contributed by atoms with E-state index in [1.807, 2.05) is 6.07 Å². The Morgan fingerprint density at radius 1 is 1.03 bits per heavy atom. The molecule has 0 N–H and O–H groups in total. The van der Waals surface area contributed by atoms with Crippen LogP contribution in [0.1, 0.15) is 21.6 Å². The molecule has 1 aliphatic heterocycles. The van der Waals surface area contributed by atoms with E-state index in [4.69, 9.17) is 16.3 Å². The van der Waals surface area contributed by atoms with Crippen molar-refractivity contribution in [2.24, 2.45) is 0 Å². The number of para-hydroxylation sites is 1. The predicted octanol–water partition coefficient (Wildman–Crippen LogP) is 3.03. The first-order chi connectivity index (χ1) is 16.9. The molecule has 0 unspecified atom stereocenters. The van der Waals surface area contributed by atoms with E-state index in [0.29, 0.717) is 48.3 Å². The minimum Gasteiger partial charge on any atom is -0.378 e. The quantitative estimate of drug-likeness (QED) is 0.439. The Balaban J connectivity index is 1.82. The van der Waals surface area contributed by atoms with Gasteiger partial charge in [0.2, 0.25) is 0 Å². The first-order valence-corrected chi connectivity index (χ1v) is 11.7. The highest BCUT2D eigenvalue weighted by atomic mass is 35.5. The van der Waals surface area contributed by atoms with E-state index in [0.717, 1.165) is 4.57 Å². The van der Waals surface area contributed by atoms with E-state index in [9.17, 15) is 14.4 Å². The lowest BCUT2D eigenvalue weighted by Gasteiger charge is -2.27. The molecule has 5 rings (SSSR count). The molecule has 0 aliphatic carbocycles. The normalized spacial score (nSPS) is 13.8. The molecule has 4 aromatic rings. The standard InChI is InChI=1S/C26H23ClN4O4/c1-17-14-21(24(32)29-10-12-35-13-11-29)22-23(28-17)31(20-8-3-2-4-9-20)26(34)30(25(22)33)16-18-6-5-7-19(27)15-18/h2-9,14-15H,10-13,16H2,1H3. The fraction of sp³-hybridized carbons (Fsp3) is 0.231. The molecule has 2 aromatic heterocycles. The largest absolute Gasteiger partial charge is 0.378 e. The van der Waals surface area contributed by atoms with Crippen molar-refractivity contribution in [3.63, 3.8) is 0 Å². The maximum absolute atomic E-state index is 13.8. The average molecular weight is 491 g/mol. The maximum Gasteiger partial charge on any atom is 0.337 e. The number of amides is 1. The zero-order chi connectivity index (χ0) is 24.5. The SMILES string of the molecule is Cc1cc(C(=O)N2CCOCC2)c2c(=O)n(Cc3cccc(Cl)c3)c(=O)n(-c3ccccc3)c2n1. The Kier molecular flexibility index (Phi) is 6.23. The highest BCUT2D eigenvalue weighted by Crippen LogP contribution is 2.20. The molecule has 3 heterocycles. The molecule has 178 valence electrons. The summed E-state index contributed by atoms with van der Waals surface area (Å²) in [5.41, 5.74) is 1.04. The van der Waals surface area contributed by atoms with Crippen molar-refractivity contribution >= 4 is 28.5 Å². The van der Waals surface area contributed by atoms with E-state index in [2.05, 4.69) is 4.98 Å². The van der Waals surface area contributed by atoms with Gasteiger partial charge in [0.15, 0.2) is 5.65 Å². The fourth-order valence-corrected chi connectivity index (χ4v) is 4.55. The van der Waals surface area contributed by atoms with Crippen LogP contribution in [0.25, 0.3) is 16.7 Å². The minimum atomic E-state index is -0.568. The Bertz CT molecular complexity index is 1540. The molecule has 9 heteroatoms. The van der Waals surface area contributed by atoms with Gasteiger partial charge >= 0.3 is 5.69 Å². The van der Waals surface area contributed by atoms with Crippen LogP contribution in [0.5, 0.6) is 0 Å². The third kappa shape index (κ3) is 4.38. The van der Waals surface area contributed by atoms with Gasteiger partial charge in [-0.15, -0.1) is 0 Å². The summed E-state index contributed by atoms with van der Waals surface area (Å²) in [7, 11) is 0. The highest BCUT2D eigenvalue weighted by Gasteiger charge is 2.26. The molecular formula is C26H23ClN4O4. The summed E-state index contributed by atoms with van der Waals surface area (Å²) in [6.45, 7) is 3.46. The van der Waals surface area contributed by atoms with Gasteiger partial charge in [0.25, 0.3) is 11.5 Å². The van der Waals surface area contributed by atoms with Gasteiger partial charge in [-0.1, -0.05) is 41.9 Å². The summed E-state index contributed by atoms with van der Waals surface area (Å²) in [6, 6.07) is 17.6. The van der Waals surface area contributed by atoms with Crippen LogP contribution in [0.2, 0.25) is 5.02 Å². The zero-order valence-corrected chi connectivity index (χ0v) is 19.9. The van der Waals surface area contributed by atoms with E-state index >= 15 is 0 Å². The number of nitrogens with zero attached hydrogens (tertiary/aromatic N) is 4. The molecule has 1 amide bonds. The van der Waals surface area contributed by atoms with Gasteiger partial charge < -0.3 is 9.64 Å². The first-order valence-electron chi connectivity index (χ1n) is 11.3. The van der Waals surface area contributed by atoms with Crippen molar-refractivity contribution in [3.05, 3.63) is 103 Å². The molecule has 35 heavy (non-hydrogen) atoms. The lowest BCUT2D eigenvalue weighted by Crippen LogP contribution is -2.43. The molecule has 0 spiro atoms. The number of hydrogen-bond donors (Lipinski definition) is 0. The molecule has 2 aromatic carbocycles. The third-order valence-corrected chi connectivity index (χ3v) is 6.23. The van der Waals surface area contributed by atoms with E-state index < -0.39 is 11.2 Å². The lowest BCUT2D eigenvalue weighted by molar-refractivity contribution is 0.0304. The molecule has 1 saturated heterocycles. The van der Waals surface area contributed by atoms with Crippen LogP contribution < -0.4 is 11.2 Å². The van der Waals surface area contributed by atoms with Crippen molar-refractivity contribution in [2.45, 2.75) is 13.5 Å². The molecule has 0 atom stereocenters. The highest BCUT2D eigenvalue weighted by molar-refractivity contribution is 6.30. The van der Waals surface area contributed by atoms with Crippen LogP contribution in [-0.2, 0) is 11.3 Å². The van der Waals surface area contributed by atoms with Crippen molar-refractivity contribution in [2.75, 3.05) is 26.3 Å². The smallest absolute Gasteiger partial charge is 0.337 e. The van der Waals surface area contributed by atoms with E-state index in [1.54, 1.807) is 66.4 Å². The van der Waals surface area contributed by atoms with Crippen LogP contribution >= 0.6 is 11.6 Å². The van der Waals surface area contributed by atoms with Crippen molar-refractivity contribution < 1.29 is 9.53 Å². The monoisotopic (exact) mass is 490 g/mol. The number of hydrogen-bond acceptors (Lipinski definition) is 5. The third-order valence-electron chi connectivity index (χ3n) is 5.99. The summed E-state index contributed by atoms with van der Waals surface area (Å²) in [5, 5.41) is 0.609. The number of aromatic nitrogens is 3. The Morgan fingerprint density at radius 2 is 1.77 bits per heavy atom. The minimum absolute atomic E-state index is 0.0000609. The van der Waals surface area contributed by atoms with Gasteiger partial charge in [-0.2, -0.15) is 0 Å². The number of ether oxygens (including phenoxy) is 1. The number of aryl methyl sites for hydroxylation is 1. The summed E-state index contributed by atoms with van der Waals surface area (Å²) in [4.78, 5) is 47.3. The van der Waals surface area contributed by atoms with Crippen LogP contribution in [0, 0.1) is 6.92 Å². The summed E-state index contributed by atoms with van der Waals surface area (Å²) in [6.07, 6.45) is 0. The zero-order valence-electron chi connectivity index (χ0n) is 19.1. The Hall–Kier alpha value is -3.75.